The van der Waals surface area contributed by atoms with Gasteiger partial charge in [0.1, 0.15) is 23.0 Å². The van der Waals surface area contributed by atoms with Gasteiger partial charge in [0.05, 0.1) is 22.5 Å². The molecule has 3 rings (SSSR count). The van der Waals surface area contributed by atoms with Crippen LogP contribution in [0.3, 0.4) is 0 Å². The average molecular weight is 396 g/mol. The fraction of sp³-hybridized carbons (Fsp3) is 0. The van der Waals surface area contributed by atoms with Gasteiger partial charge in [-0.05, 0) is 24.3 Å². The molecule has 0 aromatic heterocycles. The third-order valence-corrected chi connectivity index (χ3v) is 4.14. The number of anilines is 2. The molecule has 0 spiro atoms. The zero-order chi connectivity index (χ0) is 21.8. The van der Waals surface area contributed by atoms with Gasteiger partial charge in [-0.1, -0.05) is 17.8 Å². The Labute approximate surface area is 173 Å². The third kappa shape index (κ3) is 3.73. The molecule has 0 atom stereocenters. The molecule has 6 N–H and O–H groups in total. The minimum absolute atomic E-state index is 0.0882. The molecule has 30 heavy (non-hydrogen) atoms. The normalized spacial score (nSPS) is 9.77. The van der Waals surface area contributed by atoms with Gasteiger partial charge in [0.25, 0.3) is 0 Å². The van der Waals surface area contributed by atoms with Crippen LogP contribution in [-0.4, -0.2) is 10.2 Å². The predicted molar refractivity (Wildman–Crippen MR) is 115 cm³/mol. The Bertz CT molecular complexity index is 1270. The SMILES string of the molecule is C#Cc1cc(Oc2ccc(O)c(N)c2)c(Oc2ccc(O)c(N)c2)c(C#C)c1C#C. The van der Waals surface area contributed by atoms with E-state index in [1.807, 2.05) is 0 Å². The van der Waals surface area contributed by atoms with Gasteiger partial charge in [-0.15, -0.1) is 19.3 Å². The highest BCUT2D eigenvalue weighted by Crippen LogP contribution is 2.42. The lowest BCUT2D eigenvalue weighted by Crippen LogP contribution is -2.00. The van der Waals surface area contributed by atoms with Crippen LogP contribution in [0.1, 0.15) is 16.7 Å². The lowest BCUT2D eigenvalue weighted by atomic mass is 10.00. The molecule has 6 nitrogen and oxygen atoms in total. The van der Waals surface area contributed by atoms with Crippen molar-refractivity contribution in [2.24, 2.45) is 0 Å². The molecule has 3 aromatic carbocycles. The van der Waals surface area contributed by atoms with Crippen LogP contribution in [0.5, 0.6) is 34.5 Å². The fourth-order valence-corrected chi connectivity index (χ4v) is 2.66. The minimum atomic E-state index is -0.0949. The van der Waals surface area contributed by atoms with Gasteiger partial charge in [-0.2, -0.15) is 0 Å². The van der Waals surface area contributed by atoms with E-state index in [1.54, 1.807) is 0 Å². The number of hydrogen-bond donors (Lipinski definition) is 4. The Morgan fingerprint density at radius 2 is 1.23 bits per heavy atom. The lowest BCUT2D eigenvalue weighted by Gasteiger charge is -2.17. The number of ether oxygens (including phenoxy) is 2. The molecule has 0 aliphatic heterocycles. The number of phenolic OH excluding ortho intramolecular Hbond substituents is 2. The number of phenols is 2. The zero-order valence-corrected chi connectivity index (χ0v) is 15.6. The minimum Gasteiger partial charge on any atom is -0.506 e. The van der Waals surface area contributed by atoms with E-state index in [1.165, 1.54) is 42.5 Å². The van der Waals surface area contributed by atoms with Crippen molar-refractivity contribution in [2.45, 2.75) is 0 Å². The van der Waals surface area contributed by atoms with Gasteiger partial charge >= 0.3 is 0 Å². The van der Waals surface area contributed by atoms with E-state index in [2.05, 4.69) is 17.8 Å². The summed E-state index contributed by atoms with van der Waals surface area (Å²) in [7, 11) is 0. The van der Waals surface area contributed by atoms with Crippen LogP contribution >= 0.6 is 0 Å². The largest absolute Gasteiger partial charge is 0.506 e. The topological polar surface area (TPSA) is 111 Å². The van der Waals surface area contributed by atoms with Gasteiger partial charge in [-0.25, -0.2) is 0 Å². The Balaban J connectivity index is 2.19. The first-order chi connectivity index (χ1) is 14.4. The van der Waals surface area contributed by atoms with Crippen molar-refractivity contribution < 1.29 is 19.7 Å². The summed E-state index contributed by atoms with van der Waals surface area (Å²) in [6.45, 7) is 0. The van der Waals surface area contributed by atoms with Crippen molar-refractivity contribution in [1.82, 2.24) is 0 Å². The first kappa shape index (κ1) is 19.9. The van der Waals surface area contributed by atoms with Crippen molar-refractivity contribution in [3.8, 4) is 71.5 Å². The van der Waals surface area contributed by atoms with E-state index in [9.17, 15) is 10.2 Å². The quantitative estimate of drug-likeness (QED) is 0.303. The summed E-state index contributed by atoms with van der Waals surface area (Å²) in [5.74, 6) is 8.17. The highest BCUT2D eigenvalue weighted by molar-refractivity contribution is 5.70. The standard InChI is InChI=1S/C24H16N2O4/c1-4-14-11-23(29-15-7-9-21(27)19(25)12-15)24(18(6-3)17(14)5-2)30-16-8-10-22(28)20(26)13-16/h1-3,7-13,27-28H,25-26H2. The molecule has 0 fully saturated rings. The molecule has 0 saturated carbocycles. The first-order valence-electron chi connectivity index (χ1n) is 8.51. The maximum atomic E-state index is 9.64. The van der Waals surface area contributed by atoms with Crippen LogP contribution in [0.4, 0.5) is 11.4 Å². The van der Waals surface area contributed by atoms with Gasteiger partial charge in [0.15, 0.2) is 11.5 Å². The third-order valence-electron chi connectivity index (χ3n) is 4.14. The Kier molecular flexibility index (Phi) is 5.32. The van der Waals surface area contributed by atoms with Crippen molar-refractivity contribution in [3.05, 3.63) is 59.2 Å². The molecule has 0 aliphatic carbocycles. The molecule has 0 radical (unpaired) electrons. The first-order valence-corrected chi connectivity index (χ1v) is 8.51. The van der Waals surface area contributed by atoms with E-state index in [0.29, 0.717) is 16.9 Å². The summed E-state index contributed by atoms with van der Waals surface area (Å²) in [5.41, 5.74) is 12.5. The molecule has 0 aliphatic rings. The fourth-order valence-electron chi connectivity index (χ4n) is 2.66. The van der Waals surface area contributed by atoms with Gasteiger partial charge in [0, 0.05) is 23.8 Å². The second-order valence-corrected chi connectivity index (χ2v) is 6.08. The number of nitrogens with two attached hydrogens (primary N) is 2. The van der Waals surface area contributed by atoms with Crippen molar-refractivity contribution >= 4 is 11.4 Å². The molecule has 6 heteroatoms. The molecule has 0 heterocycles. The number of terminal acetylenes is 3. The number of hydrogen-bond acceptors (Lipinski definition) is 6. The molecular weight excluding hydrogens is 380 g/mol. The number of nitrogen functional groups attached to an aromatic ring is 2. The van der Waals surface area contributed by atoms with Crippen LogP contribution in [0.25, 0.3) is 0 Å². The van der Waals surface area contributed by atoms with Crippen molar-refractivity contribution in [1.29, 1.82) is 0 Å². The van der Waals surface area contributed by atoms with Gasteiger partial charge in [-0.3, -0.25) is 0 Å². The highest BCUT2D eigenvalue weighted by atomic mass is 16.5. The van der Waals surface area contributed by atoms with Crippen LogP contribution in [-0.2, 0) is 0 Å². The summed E-state index contributed by atoms with van der Waals surface area (Å²) in [5, 5.41) is 19.3. The Hall–Kier alpha value is -4.86. The van der Waals surface area contributed by atoms with E-state index < -0.39 is 0 Å². The Morgan fingerprint density at radius 1 is 0.700 bits per heavy atom. The molecule has 0 unspecified atom stereocenters. The van der Waals surface area contributed by atoms with Gasteiger partial charge < -0.3 is 31.2 Å². The van der Waals surface area contributed by atoms with Crippen molar-refractivity contribution in [2.75, 3.05) is 11.5 Å². The second kappa shape index (κ2) is 8.02. The maximum absolute atomic E-state index is 9.64. The summed E-state index contributed by atoms with van der Waals surface area (Å²) < 4.78 is 11.8. The number of rotatable bonds is 4. The van der Waals surface area contributed by atoms with E-state index >= 15 is 0 Å². The molecule has 146 valence electrons. The zero-order valence-electron chi connectivity index (χ0n) is 15.6. The second-order valence-electron chi connectivity index (χ2n) is 6.08. The molecule has 0 bridgehead atoms. The van der Waals surface area contributed by atoms with Crippen LogP contribution in [0, 0.1) is 37.0 Å². The van der Waals surface area contributed by atoms with Crippen LogP contribution in [0.15, 0.2) is 42.5 Å². The smallest absolute Gasteiger partial charge is 0.186 e. The van der Waals surface area contributed by atoms with Crippen LogP contribution < -0.4 is 20.9 Å². The summed E-state index contributed by atoms with van der Waals surface area (Å²) in [4.78, 5) is 0. The summed E-state index contributed by atoms with van der Waals surface area (Å²) >= 11 is 0. The predicted octanol–water partition coefficient (Wildman–Crippen LogP) is 3.79. The molecule has 0 amide bonds. The monoisotopic (exact) mass is 396 g/mol. The van der Waals surface area contributed by atoms with E-state index in [4.69, 9.17) is 40.2 Å². The Morgan fingerprint density at radius 3 is 1.70 bits per heavy atom. The molecular formula is C24H16N2O4. The van der Waals surface area contributed by atoms with Crippen LogP contribution in [0.2, 0.25) is 0 Å². The van der Waals surface area contributed by atoms with E-state index in [0.717, 1.165) is 0 Å². The summed E-state index contributed by atoms with van der Waals surface area (Å²) in [6, 6.07) is 10.1. The van der Waals surface area contributed by atoms with Gasteiger partial charge in [0.2, 0.25) is 0 Å². The molecule has 0 saturated heterocycles. The van der Waals surface area contributed by atoms with Crippen molar-refractivity contribution in [3.63, 3.8) is 0 Å². The molecule has 3 aromatic rings. The summed E-state index contributed by atoms with van der Waals surface area (Å²) in [6.07, 6.45) is 16.9. The highest BCUT2D eigenvalue weighted by Gasteiger charge is 2.20. The lowest BCUT2D eigenvalue weighted by molar-refractivity contribution is 0.415. The average Bonchev–Trinajstić information content (AvgIpc) is 2.73. The maximum Gasteiger partial charge on any atom is 0.186 e. The number of benzene rings is 3. The number of aromatic hydroxyl groups is 2. The van der Waals surface area contributed by atoms with E-state index in [-0.39, 0.29) is 45.7 Å².